The molecule has 3 nitrogen and oxygen atoms in total. The standard InChI is InChI=1S/C15H19BrFN3/c1-4-20-13(12(16)9-19-20)14(18)15(2,3)10-5-7-11(17)8-6-10/h5-9,14H,4,18H2,1-3H3. The fourth-order valence-corrected chi connectivity index (χ4v) is 2.88. The van der Waals surface area contributed by atoms with Gasteiger partial charge in [-0.05, 0) is 40.5 Å². The van der Waals surface area contributed by atoms with Crippen molar-refractivity contribution < 1.29 is 4.39 Å². The SMILES string of the molecule is CCn1ncc(Br)c1C(N)C(C)(C)c1ccc(F)cc1. The third kappa shape index (κ3) is 2.65. The van der Waals surface area contributed by atoms with Gasteiger partial charge in [-0.1, -0.05) is 26.0 Å². The molecule has 0 saturated carbocycles. The van der Waals surface area contributed by atoms with Crippen LogP contribution in [0.1, 0.15) is 38.1 Å². The van der Waals surface area contributed by atoms with Crippen LogP contribution in [0.5, 0.6) is 0 Å². The molecule has 0 saturated heterocycles. The number of aromatic nitrogens is 2. The van der Waals surface area contributed by atoms with Gasteiger partial charge in [0, 0.05) is 12.0 Å². The van der Waals surface area contributed by atoms with E-state index in [0.717, 1.165) is 22.3 Å². The first-order valence-electron chi connectivity index (χ1n) is 6.60. The van der Waals surface area contributed by atoms with Crippen LogP contribution >= 0.6 is 15.9 Å². The summed E-state index contributed by atoms with van der Waals surface area (Å²) < 4.78 is 15.9. The number of aryl methyl sites for hydroxylation is 1. The lowest BCUT2D eigenvalue weighted by molar-refractivity contribution is 0.393. The van der Waals surface area contributed by atoms with Crippen LogP contribution in [0.15, 0.2) is 34.9 Å². The molecule has 0 fully saturated rings. The molecule has 2 aromatic rings. The minimum atomic E-state index is -0.330. The Balaban J connectivity index is 2.42. The Labute approximate surface area is 127 Å². The monoisotopic (exact) mass is 339 g/mol. The second kappa shape index (κ2) is 5.66. The smallest absolute Gasteiger partial charge is 0.123 e. The summed E-state index contributed by atoms with van der Waals surface area (Å²) in [5.41, 5.74) is 8.11. The number of benzene rings is 1. The molecule has 0 radical (unpaired) electrons. The summed E-state index contributed by atoms with van der Waals surface area (Å²) in [6.45, 7) is 6.91. The first-order chi connectivity index (χ1) is 9.37. The van der Waals surface area contributed by atoms with E-state index in [4.69, 9.17) is 5.73 Å². The Kier molecular flexibility index (Phi) is 4.30. The van der Waals surface area contributed by atoms with Crippen LogP contribution < -0.4 is 5.73 Å². The topological polar surface area (TPSA) is 43.8 Å². The highest BCUT2D eigenvalue weighted by Gasteiger charge is 2.33. The Morgan fingerprint density at radius 1 is 1.35 bits per heavy atom. The van der Waals surface area contributed by atoms with Gasteiger partial charge in [0.15, 0.2) is 0 Å². The van der Waals surface area contributed by atoms with Crippen molar-refractivity contribution in [2.45, 2.75) is 38.8 Å². The predicted octanol–water partition coefficient (Wildman–Crippen LogP) is 3.78. The van der Waals surface area contributed by atoms with E-state index in [-0.39, 0.29) is 17.3 Å². The van der Waals surface area contributed by atoms with E-state index in [0.29, 0.717) is 0 Å². The highest BCUT2D eigenvalue weighted by molar-refractivity contribution is 9.10. The maximum Gasteiger partial charge on any atom is 0.123 e. The molecule has 1 aromatic carbocycles. The largest absolute Gasteiger partial charge is 0.322 e. The molecule has 1 unspecified atom stereocenters. The normalized spacial score (nSPS) is 13.5. The van der Waals surface area contributed by atoms with Crippen LogP contribution in [0.3, 0.4) is 0 Å². The van der Waals surface area contributed by atoms with Crippen molar-refractivity contribution >= 4 is 15.9 Å². The Hall–Kier alpha value is -1.20. The number of rotatable bonds is 4. The number of hydrogen-bond acceptors (Lipinski definition) is 2. The molecule has 0 spiro atoms. The van der Waals surface area contributed by atoms with Gasteiger partial charge in [-0.3, -0.25) is 4.68 Å². The molecule has 108 valence electrons. The summed E-state index contributed by atoms with van der Waals surface area (Å²) in [6, 6.07) is 6.27. The number of hydrogen-bond donors (Lipinski definition) is 1. The number of nitrogens with zero attached hydrogens (tertiary/aromatic N) is 2. The summed E-state index contributed by atoms with van der Waals surface area (Å²) in [5.74, 6) is -0.238. The molecule has 20 heavy (non-hydrogen) atoms. The first kappa shape index (κ1) is 15.2. The molecule has 0 bridgehead atoms. The van der Waals surface area contributed by atoms with Gasteiger partial charge in [-0.15, -0.1) is 0 Å². The highest BCUT2D eigenvalue weighted by atomic mass is 79.9. The zero-order valence-corrected chi connectivity index (χ0v) is 13.5. The summed E-state index contributed by atoms with van der Waals surface area (Å²) in [4.78, 5) is 0. The molecular weight excluding hydrogens is 321 g/mol. The van der Waals surface area contributed by atoms with Crippen LogP contribution in [0, 0.1) is 5.82 Å². The predicted molar refractivity (Wildman–Crippen MR) is 82.0 cm³/mol. The average Bonchev–Trinajstić information content (AvgIpc) is 2.79. The quantitative estimate of drug-likeness (QED) is 0.920. The van der Waals surface area contributed by atoms with E-state index in [1.165, 1.54) is 12.1 Å². The zero-order valence-electron chi connectivity index (χ0n) is 11.9. The van der Waals surface area contributed by atoms with Crippen molar-refractivity contribution in [2.24, 2.45) is 5.73 Å². The van der Waals surface area contributed by atoms with E-state index in [1.54, 1.807) is 18.3 Å². The van der Waals surface area contributed by atoms with Gasteiger partial charge < -0.3 is 5.73 Å². The van der Waals surface area contributed by atoms with E-state index in [2.05, 4.69) is 34.9 Å². The lowest BCUT2D eigenvalue weighted by Gasteiger charge is -2.33. The molecule has 1 heterocycles. The maximum atomic E-state index is 13.1. The fourth-order valence-electron chi connectivity index (χ4n) is 2.33. The van der Waals surface area contributed by atoms with Crippen LogP contribution in [0.4, 0.5) is 4.39 Å². The van der Waals surface area contributed by atoms with E-state index >= 15 is 0 Å². The molecule has 0 aliphatic rings. The first-order valence-corrected chi connectivity index (χ1v) is 7.40. The van der Waals surface area contributed by atoms with Crippen LogP contribution in [-0.2, 0) is 12.0 Å². The maximum absolute atomic E-state index is 13.1. The highest BCUT2D eigenvalue weighted by Crippen LogP contribution is 2.37. The van der Waals surface area contributed by atoms with Crippen molar-refractivity contribution in [3.63, 3.8) is 0 Å². The van der Waals surface area contributed by atoms with Crippen molar-refractivity contribution in [3.8, 4) is 0 Å². The van der Waals surface area contributed by atoms with Gasteiger partial charge in [0.05, 0.1) is 22.4 Å². The molecular formula is C15H19BrFN3. The molecule has 5 heteroatoms. The Bertz CT molecular complexity index is 590. The molecule has 0 aliphatic heterocycles. The molecule has 2 N–H and O–H groups in total. The van der Waals surface area contributed by atoms with Crippen molar-refractivity contribution in [1.29, 1.82) is 0 Å². The summed E-state index contributed by atoms with van der Waals surface area (Å²) in [6.07, 6.45) is 1.76. The molecule has 1 aromatic heterocycles. The third-order valence-electron chi connectivity index (χ3n) is 3.79. The Morgan fingerprint density at radius 3 is 2.50 bits per heavy atom. The van der Waals surface area contributed by atoms with E-state index in [1.807, 2.05) is 11.6 Å². The second-order valence-corrected chi connectivity index (χ2v) is 6.25. The van der Waals surface area contributed by atoms with Gasteiger partial charge in [0.25, 0.3) is 0 Å². The van der Waals surface area contributed by atoms with Crippen LogP contribution in [0.25, 0.3) is 0 Å². The molecule has 0 amide bonds. The summed E-state index contributed by atoms with van der Waals surface area (Å²) in [7, 11) is 0. The van der Waals surface area contributed by atoms with Crippen molar-refractivity contribution in [3.05, 3.63) is 52.0 Å². The minimum absolute atomic E-state index is 0.238. The van der Waals surface area contributed by atoms with E-state index in [9.17, 15) is 4.39 Å². The fraction of sp³-hybridized carbons (Fsp3) is 0.400. The molecule has 2 rings (SSSR count). The van der Waals surface area contributed by atoms with E-state index < -0.39 is 0 Å². The number of halogens is 2. The molecule has 1 atom stereocenters. The van der Waals surface area contributed by atoms with Gasteiger partial charge in [0.2, 0.25) is 0 Å². The Morgan fingerprint density at radius 2 is 1.95 bits per heavy atom. The second-order valence-electron chi connectivity index (χ2n) is 5.40. The minimum Gasteiger partial charge on any atom is -0.322 e. The third-order valence-corrected chi connectivity index (χ3v) is 4.40. The lowest BCUT2D eigenvalue weighted by Crippen LogP contribution is -2.35. The molecule has 0 aliphatic carbocycles. The van der Waals surface area contributed by atoms with Gasteiger partial charge in [0.1, 0.15) is 5.82 Å². The van der Waals surface area contributed by atoms with Crippen molar-refractivity contribution in [1.82, 2.24) is 9.78 Å². The zero-order chi connectivity index (χ0) is 14.9. The van der Waals surface area contributed by atoms with Crippen LogP contribution in [0.2, 0.25) is 0 Å². The van der Waals surface area contributed by atoms with Gasteiger partial charge in [-0.25, -0.2) is 4.39 Å². The van der Waals surface area contributed by atoms with Crippen molar-refractivity contribution in [2.75, 3.05) is 0 Å². The summed E-state index contributed by atoms with van der Waals surface area (Å²) >= 11 is 3.51. The number of nitrogens with two attached hydrogens (primary N) is 1. The van der Waals surface area contributed by atoms with Gasteiger partial charge in [-0.2, -0.15) is 5.10 Å². The lowest BCUT2D eigenvalue weighted by atomic mass is 9.77. The van der Waals surface area contributed by atoms with Gasteiger partial charge >= 0.3 is 0 Å². The summed E-state index contributed by atoms with van der Waals surface area (Å²) in [5, 5.41) is 4.31. The van der Waals surface area contributed by atoms with Crippen LogP contribution in [-0.4, -0.2) is 9.78 Å². The average molecular weight is 340 g/mol.